The number of carbonyl (C=O) groups excluding carboxylic acids is 2. The van der Waals surface area contributed by atoms with Crippen LogP contribution in [0.1, 0.15) is 45.7 Å². The van der Waals surface area contributed by atoms with Crippen LogP contribution in [0.25, 0.3) is 0 Å². The minimum atomic E-state index is -0.389. The van der Waals surface area contributed by atoms with Gasteiger partial charge in [-0.15, -0.1) is 0 Å². The fraction of sp³-hybridized carbons (Fsp3) is 0.176. The molecule has 0 atom stereocenters. The Kier molecular flexibility index (Phi) is 2.27. The number of anilines is 2. The van der Waals surface area contributed by atoms with Crippen LogP contribution in [0, 0.1) is 0 Å². The van der Waals surface area contributed by atoms with Crippen LogP contribution >= 0.6 is 0 Å². The lowest BCUT2D eigenvalue weighted by atomic mass is 9.82. The molecule has 0 bridgehead atoms. The van der Waals surface area contributed by atoms with Crippen molar-refractivity contribution in [1.29, 1.82) is 0 Å². The van der Waals surface area contributed by atoms with Gasteiger partial charge < -0.3 is 15.7 Å². The van der Waals surface area contributed by atoms with E-state index in [0.717, 1.165) is 5.69 Å². The fourth-order valence-electron chi connectivity index (χ4n) is 3.18. The summed E-state index contributed by atoms with van der Waals surface area (Å²) < 4.78 is 0. The van der Waals surface area contributed by atoms with Gasteiger partial charge in [0.15, 0.2) is 11.6 Å². The Morgan fingerprint density at radius 1 is 0.909 bits per heavy atom. The molecule has 0 aromatic heterocycles. The van der Waals surface area contributed by atoms with E-state index in [4.69, 9.17) is 0 Å². The topological polar surface area (TPSA) is 78.4 Å². The molecule has 22 heavy (non-hydrogen) atoms. The van der Waals surface area contributed by atoms with Crippen molar-refractivity contribution in [2.75, 3.05) is 10.6 Å². The maximum Gasteiger partial charge on any atom is 0.198 e. The molecular formula is C17H14N2O3. The monoisotopic (exact) mass is 294 g/mol. The zero-order valence-electron chi connectivity index (χ0n) is 12.2. The summed E-state index contributed by atoms with van der Waals surface area (Å²) in [6, 6.07) is 7.99. The Hall–Kier alpha value is -2.82. The first kappa shape index (κ1) is 12.9. The number of aromatic hydroxyl groups is 1. The number of benzene rings is 2. The summed E-state index contributed by atoms with van der Waals surface area (Å²) >= 11 is 0. The maximum atomic E-state index is 12.8. The largest absolute Gasteiger partial charge is 0.507 e. The van der Waals surface area contributed by atoms with E-state index in [9.17, 15) is 14.7 Å². The van der Waals surface area contributed by atoms with Gasteiger partial charge >= 0.3 is 0 Å². The van der Waals surface area contributed by atoms with E-state index in [-0.39, 0.29) is 34.1 Å². The predicted octanol–water partition coefficient (Wildman–Crippen LogP) is 2.74. The van der Waals surface area contributed by atoms with Crippen molar-refractivity contribution in [1.82, 2.24) is 0 Å². The van der Waals surface area contributed by atoms with Gasteiger partial charge in [0, 0.05) is 11.1 Å². The Labute approximate surface area is 127 Å². The number of phenols is 1. The van der Waals surface area contributed by atoms with E-state index < -0.39 is 0 Å². The van der Waals surface area contributed by atoms with Crippen molar-refractivity contribution < 1.29 is 14.7 Å². The molecular weight excluding hydrogens is 280 g/mol. The standard InChI is InChI=1S/C17H14N2O3/c1-17(2)18-10-7-6-9-13(14(10)19-17)16(22)8-4-3-5-11(20)12(8)15(9)21/h3-7,18-20H,1-2H3. The molecule has 0 saturated heterocycles. The Morgan fingerprint density at radius 3 is 2.36 bits per heavy atom. The number of nitrogens with one attached hydrogen (secondary N) is 2. The molecule has 1 heterocycles. The van der Waals surface area contributed by atoms with Crippen molar-refractivity contribution in [2.45, 2.75) is 19.5 Å². The Morgan fingerprint density at radius 2 is 1.59 bits per heavy atom. The van der Waals surface area contributed by atoms with Gasteiger partial charge in [0.2, 0.25) is 0 Å². The molecule has 0 unspecified atom stereocenters. The lowest BCUT2D eigenvalue weighted by molar-refractivity contribution is 0.0977. The number of rotatable bonds is 0. The van der Waals surface area contributed by atoms with E-state index in [1.165, 1.54) is 6.07 Å². The summed E-state index contributed by atoms with van der Waals surface area (Å²) in [5, 5.41) is 16.5. The van der Waals surface area contributed by atoms with Crippen LogP contribution in [0.2, 0.25) is 0 Å². The molecule has 0 fully saturated rings. The molecule has 2 aromatic rings. The molecule has 1 aliphatic heterocycles. The number of hydrogen-bond donors (Lipinski definition) is 3. The second-order valence-corrected chi connectivity index (χ2v) is 6.14. The van der Waals surface area contributed by atoms with Crippen LogP contribution in [-0.2, 0) is 0 Å². The minimum Gasteiger partial charge on any atom is -0.507 e. The third-order valence-corrected chi connectivity index (χ3v) is 4.08. The van der Waals surface area contributed by atoms with E-state index in [2.05, 4.69) is 10.6 Å². The Bertz CT molecular complexity index is 868. The molecule has 0 saturated carbocycles. The number of carbonyl (C=O) groups is 2. The molecule has 2 aromatic carbocycles. The highest BCUT2D eigenvalue weighted by atomic mass is 16.3. The van der Waals surface area contributed by atoms with Gasteiger partial charge in [-0.05, 0) is 32.0 Å². The second-order valence-electron chi connectivity index (χ2n) is 6.14. The highest BCUT2D eigenvalue weighted by Crippen LogP contribution is 2.43. The lowest BCUT2D eigenvalue weighted by Crippen LogP contribution is -2.34. The third-order valence-electron chi connectivity index (χ3n) is 4.08. The van der Waals surface area contributed by atoms with Crippen molar-refractivity contribution in [3.8, 4) is 5.75 Å². The summed E-state index contributed by atoms with van der Waals surface area (Å²) in [5.74, 6) is -0.727. The molecule has 0 radical (unpaired) electrons. The first-order chi connectivity index (χ1) is 10.4. The summed E-state index contributed by atoms with van der Waals surface area (Å²) in [7, 11) is 0. The average molecular weight is 294 g/mol. The normalized spacial score (nSPS) is 17.2. The molecule has 5 nitrogen and oxygen atoms in total. The number of hydrogen-bond acceptors (Lipinski definition) is 5. The zero-order valence-corrected chi connectivity index (χ0v) is 12.2. The summed E-state index contributed by atoms with van der Waals surface area (Å²) in [4.78, 5) is 25.5. The van der Waals surface area contributed by atoms with Crippen LogP contribution in [0.3, 0.4) is 0 Å². The zero-order chi connectivity index (χ0) is 15.6. The summed E-state index contributed by atoms with van der Waals surface area (Å²) in [5.41, 5.74) is 2.09. The maximum absolute atomic E-state index is 12.8. The van der Waals surface area contributed by atoms with Gasteiger partial charge in [0.1, 0.15) is 11.4 Å². The van der Waals surface area contributed by atoms with E-state index >= 15 is 0 Å². The van der Waals surface area contributed by atoms with Gasteiger partial charge in [-0.25, -0.2) is 0 Å². The van der Waals surface area contributed by atoms with E-state index in [1.54, 1.807) is 24.3 Å². The smallest absolute Gasteiger partial charge is 0.198 e. The molecule has 0 spiro atoms. The van der Waals surface area contributed by atoms with E-state index in [1.807, 2.05) is 13.8 Å². The highest BCUT2D eigenvalue weighted by Gasteiger charge is 2.38. The first-order valence-corrected chi connectivity index (χ1v) is 7.04. The quantitative estimate of drug-likeness (QED) is 0.594. The molecule has 110 valence electrons. The van der Waals surface area contributed by atoms with Gasteiger partial charge in [-0.2, -0.15) is 0 Å². The number of phenolic OH excluding ortho intramolecular Hbond substituents is 1. The molecule has 1 aliphatic carbocycles. The van der Waals surface area contributed by atoms with E-state index in [0.29, 0.717) is 16.8 Å². The first-order valence-electron chi connectivity index (χ1n) is 7.04. The molecule has 4 rings (SSSR count). The van der Waals surface area contributed by atoms with Crippen LogP contribution < -0.4 is 10.6 Å². The molecule has 5 heteroatoms. The summed E-state index contributed by atoms with van der Waals surface area (Å²) in [6.45, 7) is 3.91. The molecule has 0 amide bonds. The third kappa shape index (κ3) is 1.53. The molecule has 3 N–H and O–H groups in total. The van der Waals surface area contributed by atoms with Gasteiger partial charge in [-0.1, -0.05) is 12.1 Å². The summed E-state index contributed by atoms with van der Waals surface area (Å²) in [6.07, 6.45) is 0. The van der Waals surface area contributed by atoms with Crippen LogP contribution in [-0.4, -0.2) is 22.3 Å². The van der Waals surface area contributed by atoms with Crippen LogP contribution in [0.5, 0.6) is 5.75 Å². The SMILES string of the molecule is CC1(C)Nc2ccc3c(c2N1)C(=O)c1cccc(O)c1C3=O. The second kappa shape index (κ2) is 3.88. The lowest BCUT2D eigenvalue weighted by Gasteiger charge is -2.22. The van der Waals surface area contributed by atoms with Crippen LogP contribution in [0.15, 0.2) is 30.3 Å². The number of ketones is 2. The highest BCUT2D eigenvalue weighted by molar-refractivity contribution is 6.31. The molecule has 2 aliphatic rings. The number of fused-ring (bicyclic) bond motifs is 4. The minimum absolute atomic E-state index is 0.0881. The van der Waals surface area contributed by atoms with Gasteiger partial charge in [-0.3, -0.25) is 9.59 Å². The van der Waals surface area contributed by atoms with Crippen molar-refractivity contribution >= 4 is 22.9 Å². The average Bonchev–Trinajstić information content (AvgIpc) is 2.77. The van der Waals surface area contributed by atoms with Gasteiger partial charge in [0.05, 0.1) is 22.5 Å². The Balaban J connectivity index is 2.01. The van der Waals surface area contributed by atoms with Crippen molar-refractivity contribution in [3.05, 3.63) is 52.6 Å². The predicted molar refractivity (Wildman–Crippen MR) is 82.7 cm³/mol. The van der Waals surface area contributed by atoms with Crippen LogP contribution in [0.4, 0.5) is 11.4 Å². The fourth-order valence-corrected chi connectivity index (χ4v) is 3.18. The van der Waals surface area contributed by atoms with Crippen molar-refractivity contribution in [2.24, 2.45) is 0 Å². The van der Waals surface area contributed by atoms with Crippen molar-refractivity contribution in [3.63, 3.8) is 0 Å². The van der Waals surface area contributed by atoms with Gasteiger partial charge in [0.25, 0.3) is 0 Å².